The summed E-state index contributed by atoms with van der Waals surface area (Å²) in [7, 11) is 0. The molecule has 2 N–H and O–H groups in total. The second-order valence-electron chi connectivity index (χ2n) is 7.22. The molecule has 5 nitrogen and oxygen atoms in total. The van der Waals surface area contributed by atoms with Crippen LogP contribution in [0.1, 0.15) is 43.6 Å². The number of hydrogen-bond donors (Lipinski definition) is 1. The topological polar surface area (TPSA) is 72.1 Å². The lowest BCUT2D eigenvalue weighted by molar-refractivity contribution is -0.129. The number of likely N-dealkylation sites (tertiary alicyclic amines) is 1. The van der Waals surface area contributed by atoms with Crippen molar-refractivity contribution in [2.75, 3.05) is 18.8 Å². The van der Waals surface area contributed by atoms with Crippen LogP contribution in [0.25, 0.3) is 10.2 Å². The number of nitrogen functional groups attached to an aromatic ring is 1. The van der Waals surface area contributed by atoms with Crippen LogP contribution in [0.2, 0.25) is 0 Å². The van der Waals surface area contributed by atoms with Gasteiger partial charge in [-0.1, -0.05) is 18.7 Å². The molecule has 2 aromatic heterocycles. The third-order valence-corrected chi connectivity index (χ3v) is 7.31. The summed E-state index contributed by atoms with van der Waals surface area (Å²) in [5.41, 5.74) is 7.64. The minimum absolute atomic E-state index is 0.176. The maximum atomic E-state index is 12.5. The Morgan fingerprint density at radius 2 is 2.12 bits per heavy atom. The summed E-state index contributed by atoms with van der Waals surface area (Å²) in [5.74, 6) is 1.48. The van der Waals surface area contributed by atoms with E-state index in [0.717, 1.165) is 54.9 Å². The Morgan fingerprint density at radius 3 is 2.88 bits per heavy atom. The van der Waals surface area contributed by atoms with Gasteiger partial charge in [0.05, 0.1) is 10.6 Å². The summed E-state index contributed by atoms with van der Waals surface area (Å²) < 4.78 is 0. The second-order valence-corrected chi connectivity index (χ2v) is 9.61. The molecular formula is C18H24N4OS2. The number of amides is 1. The van der Waals surface area contributed by atoms with Crippen LogP contribution in [0.3, 0.4) is 0 Å². The molecule has 1 aliphatic heterocycles. The molecule has 1 amide bonds. The molecule has 2 unspecified atom stereocenters. The molecule has 0 saturated carbocycles. The van der Waals surface area contributed by atoms with Crippen molar-refractivity contribution in [1.29, 1.82) is 0 Å². The first-order chi connectivity index (χ1) is 12.0. The number of aryl methyl sites for hydroxylation is 1. The molecular weight excluding hydrogens is 352 g/mol. The van der Waals surface area contributed by atoms with E-state index in [2.05, 4.69) is 11.9 Å². The number of thioether (sulfide) groups is 1. The largest absolute Gasteiger partial charge is 0.383 e. The van der Waals surface area contributed by atoms with Gasteiger partial charge in [0, 0.05) is 18.0 Å². The number of thiophene rings is 1. The first kappa shape index (κ1) is 17.1. The van der Waals surface area contributed by atoms with Crippen molar-refractivity contribution in [2.45, 2.75) is 56.4 Å². The quantitative estimate of drug-likeness (QED) is 0.656. The predicted molar refractivity (Wildman–Crippen MR) is 104 cm³/mol. The zero-order valence-electron chi connectivity index (χ0n) is 14.7. The van der Waals surface area contributed by atoms with E-state index in [1.807, 2.05) is 11.8 Å². The highest BCUT2D eigenvalue weighted by Crippen LogP contribution is 2.40. The van der Waals surface area contributed by atoms with Gasteiger partial charge in [0.2, 0.25) is 5.91 Å². The minimum Gasteiger partial charge on any atom is -0.383 e. The fourth-order valence-corrected chi connectivity index (χ4v) is 6.12. The molecule has 2 aromatic rings. The van der Waals surface area contributed by atoms with Crippen molar-refractivity contribution >= 4 is 45.0 Å². The number of fused-ring (bicyclic) bond motifs is 3. The summed E-state index contributed by atoms with van der Waals surface area (Å²) >= 11 is 3.18. The highest BCUT2D eigenvalue weighted by molar-refractivity contribution is 8.00. The van der Waals surface area contributed by atoms with Gasteiger partial charge in [-0.3, -0.25) is 4.79 Å². The van der Waals surface area contributed by atoms with Crippen molar-refractivity contribution in [3.63, 3.8) is 0 Å². The fourth-order valence-electron chi connectivity index (χ4n) is 3.81. The zero-order valence-corrected chi connectivity index (χ0v) is 16.4. The number of carbonyl (C=O) groups excluding carboxylic acids is 1. The van der Waals surface area contributed by atoms with Crippen molar-refractivity contribution < 1.29 is 4.79 Å². The number of rotatable bonds is 3. The molecule has 0 radical (unpaired) electrons. The number of anilines is 1. The molecule has 7 heteroatoms. The van der Waals surface area contributed by atoms with E-state index in [4.69, 9.17) is 10.7 Å². The van der Waals surface area contributed by atoms with Crippen LogP contribution in [-0.2, 0) is 17.6 Å². The van der Waals surface area contributed by atoms with E-state index >= 15 is 0 Å². The summed E-state index contributed by atoms with van der Waals surface area (Å²) in [6, 6.07) is 0. The molecule has 0 aromatic carbocycles. The molecule has 0 spiro atoms. The smallest absolute Gasteiger partial charge is 0.235 e. The van der Waals surface area contributed by atoms with Gasteiger partial charge < -0.3 is 10.6 Å². The third kappa shape index (κ3) is 3.24. The van der Waals surface area contributed by atoms with Gasteiger partial charge in [0.15, 0.2) is 5.16 Å². The summed E-state index contributed by atoms with van der Waals surface area (Å²) in [5, 5.41) is 1.50. The summed E-state index contributed by atoms with van der Waals surface area (Å²) in [6.07, 6.45) is 5.61. The standard InChI is InChI=1S/C18H24N4OS2/c1-10-5-6-12-13(9-10)25-16-14(12)15(19)20-18(21-16)24-11(2)17(23)22-7-3-4-8-22/h10-11H,3-9H2,1-2H3,(H2,19,20,21). The molecule has 2 atom stereocenters. The van der Waals surface area contributed by atoms with E-state index in [9.17, 15) is 4.79 Å². The Hall–Kier alpha value is -1.34. The van der Waals surface area contributed by atoms with Crippen LogP contribution >= 0.6 is 23.1 Å². The lowest BCUT2D eigenvalue weighted by atomic mass is 9.89. The SMILES string of the molecule is CC1CCc2c(sc3nc(SC(C)C(=O)N4CCCC4)nc(N)c23)C1. The summed E-state index contributed by atoms with van der Waals surface area (Å²) in [4.78, 5) is 26.1. The van der Waals surface area contributed by atoms with Crippen LogP contribution in [-0.4, -0.2) is 39.1 Å². The van der Waals surface area contributed by atoms with Crippen molar-refractivity contribution in [2.24, 2.45) is 5.92 Å². The lowest BCUT2D eigenvalue weighted by Gasteiger charge is -2.19. The van der Waals surface area contributed by atoms with Crippen LogP contribution in [0.5, 0.6) is 0 Å². The maximum absolute atomic E-state index is 12.5. The number of nitrogens with zero attached hydrogens (tertiary/aromatic N) is 3. The van der Waals surface area contributed by atoms with Crippen LogP contribution in [0, 0.1) is 5.92 Å². The van der Waals surface area contributed by atoms with Crippen molar-refractivity contribution in [3.05, 3.63) is 10.4 Å². The Bertz CT molecular complexity index is 813. The second kappa shape index (κ2) is 6.76. The molecule has 3 heterocycles. The highest BCUT2D eigenvalue weighted by Gasteiger charge is 2.26. The molecule has 1 aliphatic carbocycles. The summed E-state index contributed by atoms with van der Waals surface area (Å²) in [6.45, 7) is 5.99. The molecule has 2 aliphatic rings. The highest BCUT2D eigenvalue weighted by atomic mass is 32.2. The van der Waals surface area contributed by atoms with Crippen molar-refractivity contribution in [1.82, 2.24) is 14.9 Å². The average Bonchev–Trinajstić information content (AvgIpc) is 3.20. The normalized spacial score (nSPS) is 21.5. The van der Waals surface area contributed by atoms with Crippen LogP contribution in [0.15, 0.2) is 5.16 Å². The van der Waals surface area contributed by atoms with Gasteiger partial charge in [-0.25, -0.2) is 9.97 Å². The van der Waals surface area contributed by atoms with Crippen LogP contribution in [0.4, 0.5) is 5.82 Å². The van der Waals surface area contributed by atoms with E-state index in [1.165, 1.54) is 28.6 Å². The van der Waals surface area contributed by atoms with Gasteiger partial charge in [-0.2, -0.15) is 0 Å². The maximum Gasteiger partial charge on any atom is 0.235 e. The number of aromatic nitrogens is 2. The van der Waals surface area contributed by atoms with E-state index < -0.39 is 0 Å². The molecule has 0 bridgehead atoms. The van der Waals surface area contributed by atoms with E-state index in [0.29, 0.717) is 11.0 Å². The molecule has 4 rings (SSSR count). The third-order valence-electron chi connectivity index (χ3n) is 5.21. The van der Waals surface area contributed by atoms with Gasteiger partial charge in [-0.05, 0) is 50.5 Å². The number of nitrogens with two attached hydrogens (primary N) is 1. The fraction of sp³-hybridized carbons (Fsp3) is 0.611. The van der Waals surface area contributed by atoms with Gasteiger partial charge in [-0.15, -0.1) is 11.3 Å². The first-order valence-corrected chi connectivity index (χ1v) is 10.8. The predicted octanol–water partition coefficient (Wildman–Crippen LogP) is 3.50. The van der Waals surface area contributed by atoms with Gasteiger partial charge in [0.1, 0.15) is 10.6 Å². The Labute approximate surface area is 156 Å². The number of hydrogen-bond acceptors (Lipinski definition) is 6. The zero-order chi connectivity index (χ0) is 17.6. The number of carbonyl (C=O) groups is 1. The Kier molecular flexibility index (Phi) is 4.62. The molecule has 1 fully saturated rings. The van der Waals surface area contributed by atoms with Gasteiger partial charge >= 0.3 is 0 Å². The van der Waals surface area contributed by atoms with Crippen molar-refractivity contribution in [3.8, 4) is 0 Å². The van der Waals surface area contributed by atoms with Crippen LogP contribution < -0.4 is 5.73 Å². The average molecular weight is 377 g/mol. The molecule has 25 heavy (non-hydrogen) atoms. The van der Waals surface area contributed by atoms with Gasteiger partial charge in [0.25, 0.3) is 0 Å². The molecule has 134 valence electrons. The Morgan fingerprint density at radius 1 is 1.36 bits per heavy atom. The minimum atomic E-state index is -0.176. The first-order valence-electron chi connectivity index (χ1n) is 9.06. The van der Waals surface area contributed by atoms with E-state index in [-0.39, 0.29) is 11.2 Å². The molecule has 1 saturated heterocycles. The lowest BCUT2D eigenvalue weighted by Crippen LogP contribution is -2.34. The Balaban J connectivity index is 1.59. The monoisotopic (exact) mass is 376 g/mol. The van der Waals surface area contributed by atoms with E-state index in [1.54, 1.807) is 11.3 Å².